The number of hydrogen-bond donors (Lipinski definition) is 2. The Hall–Kier alpha value is -1.18. The van der Waals surface area contributed by atoms with Gasteiger partial charge in [-0.3, -0.25) is 14.5 Å². The number of nitrogens with zero attached hydrogens (tertiary/aromatic N) is 3. The zero-order valence-electron chi connectivity index (χ0n) is 19.1. The Labute approximate surface area is 187 Å². The smallest absolute Gasteiger partial charge is 0.237 e. The first-order valence-electron chi connectivity index (χ1n) is 12.8. The number of amides is 2. The number of β-amino-alcohol motifs (C(OH)–C–C–N with tert-alkyl or cyclic N) is 1. The van der Waals surface area contributed by atoms with Crippen LogP contribution in [0.5, 0.6) is 0 Å². The van der Waals surface area contributed by atoms with Crippen LogP contribution in [0.25, 0.3) is 0 Å². The lowest BCUT2D eigenvalue weighted by Gasteiger charge is -2.39. The molecule has 0 aromatic heterocycles. The maximum atomic E-state index is 13.0. The molecule has 4 rings (SSSR count). The molecule has 3 heterocycles. The van der Waals surface area contributed by atoms with Gasteiger partial charge in [-0.15, -0.1) is 0 Å². The molecular formula is C24H42N4O3. The van der Waals surface area contributed by atoms with Crippen LogP contribution >= 0.6 is 0 Å². The van der Waals surface area contributed by atoms with Gasteiger partial charge in [0.15, 0.2) is 0 Å². The molecule has 4 aliphatic rings. The van der Waals surface area contributed by atoms with Gasteiger partial charge in [0.05, 0.1) is 12.1 Å². The first kappa shape index (κ1) is 23.0. The molecule has 1 saturated carbocycles. The van der Waals surface area contributed by atoms with E-state index in [9.17, 15) is 14.7 Å². The maximum Gasteiger partial charge on any atom is 0.237 e. The molecule has 0 spiro atoms. The van der Waals surface area contributed by atoms with Crippen molar-refractivity contribution in [2.45, 2.75) is 101 Å². The van der Waals surface area contributed by atoms with Gasteiger partial charge in [0.25, 0.3) is 0 Å². The fourth-order valence-electron chi connectivity index (χ4n) is 6.09. The molecular weight excluding hydrogens is 392 g/mol. The number of carbonyl (C=O) groups excluding carboxylic acids is 2. The van der Waals surface area contributed by atoms with Crippen LogP contribution in [0, 0.1) is 0 Å². The Balaban J connectivity index is 1.23. The predicted molar refractivity (Wildman–Crippen MR) is 121 cm³/mol. The summed E-state index contributed by atoms with van der Waals surface area (Å²) in [4.78, 5) is 32.4. The molecule has 31 heavy (non-hydrogen) atoms. The Bertz CT molecular complexity index is 596. The summed E-state index contributed by atoms with van der Waals surface area (Å²) < 4.78 is 0. The highest BCUT2D eigenvalue weighted by molar-refractivity contribution is 5.82. The van der Waals surface area contributed by atoms with Crippen molar-refractivity contribution < 1.29 is 14.7 Å². The van der Waals surface area contributed by atoms with Crippen LogP contribution in [0.2, 0.25) is 0 Å². The van der Waals surface area contributed by atoms with Crippen molar-refractivity contribution in [2.75, 3.05) is 39.3 Å². The third kappa shape index (κ3) is 6.20. The SMILES string of the molecule is O=C(NC1CCCCC1)C1CC(O)CN1C1CCN(C(=O)CCN2CCCCC2)CC1. The molecule has 2 atom stereocenters. The molecule has 0 aromatic carbocycles. The third-order valence-corrected chi connectivity index (χ3v) is 7.95. The molecule has 3 saturated heterocycles. The first-order valence-corrected chi connectivity index (χ1v) is 12.8. The summed E-state index contributed by atoms with van der Waals surface area (Å²) in [5, 5.41) is 13.6. The summed E-state index contributed by atoms with van der Waals surface area (Å²) in [7, 11) is 0. The molecule has 2 N–H and O–H groups in total. The average molecular weight is 435 g/mol. The summed E-state index contributed by atoms with van der Waals surface area (Å²) in [5.41, 5.74) is 0. The van der Waals surface area contributed by atoms with Crippen molar-refractivity contribution in [3.63, 3.8) is 0 Å². The molecule has 7 heteroatoms. The monoisotopic (exact) mass is 434 g/mol. The van der Waals surface area contributed by atoms with Crippen LogP contribution in [0.4, 0.5) is 0 Å². The van der Waals surface area contributed by atoms with E-state index in [0.29, 0.717) is 25.4 Å². The summed E-state index contributed by atoms with van der Waals surface area (Å²) in [6.07, 6.45) is 12.2. The van der Waals surface area contributed by atoms with Gasteiger partial charge in [0, 0.05) is 44.7 Å². The van der Waals surface area contributed by atoms with Gasteiger partial charge in [0.2, 0.25) is 11.8 Å². The van der Waals surface area contributed by atoms with E-state index in [0.717, 1.165) is 58.4 Å². The van der Waals surface area contributed by atoms with E-state index in [2.05, 4.69) is 15.1 Å². The number of hydrogen-bond acceptors (Lipinski definition) is 5. The molecule has 0 bridgehead atoms. The molecule has 7 nitrogen and oxygen atoms in total. The standard InChI is InChI=1S/C24H42N4O3/c29-21-17-22(24(31)25-19-7-3-1-4-8-19)28(18-21)20-9-15-27(16-10-20)23(30)11-14-26-12-5-2-6-13-26/h19-22,29H,1-18H2,(H,25,31). The van der Waals surface area contributed by atoms with Crippen LogP contribution in [0.3, 0.4) is 0 Å². The van der Waals surface area contributed by atoms with E-state index in [1.54, 1.807) is 0 Å². The van der Waals surface area contributed by atoms with Crippen LogP contribution in [0.1, 0.15) is 77.0 Å². The molecule has 2 amide bonds. The number of carbonyl (C=O) groups is 2. The molecule has 4 fully saturated rings. The van der Waals surface area contributed by atoms with Gasteiger partial charge >= 0.3 is 0 Å². The topological polar surface area (TPSA) is 76.1 Å². The molecule has 1 aliphatic carbocycles. The van der Waals surface area contributed by atoms with Crippen molar-refractivity contribution in [3.8, 4) is 0 Å². The second-order valence-corrected chi connectivity index (χ2v) is 10.2. The summed E-state index contributed by atoms with van der Waals surface area (Å²) >= 11 is 0. The first-order chi connectivity index (χ1) is 15.1. The van der Waals surface area contributed by atoms with Gasteiger partial charge in [0.1, 0.15) is 0 Å². The van der Waals surface area contributed by atoms with Crippen LogP contribution in [-0.4, -0.2) is 95.1 Å². The minimum Gasteiger partial charge on any atom is -0.392 e. The van der Waals surface area contributed by atoms with Crippen molar-refractivity contribution in [1.82, 2.24) is 20.0 Å². The quantitative estimate of drug-likeness (QED) is 0.666. The molecule has 0 aromatic rings. The number of nitrogens with one attached hydrogen (secondary N) is 1. The van der Waals surface area contributed by atoms with Gasteiger partial charge in [-0.2, -0.15) is 0 Å². The number of likely N-dealkylation sites (tertiary alicyclic amines) is 3. The lowest BCUT2D eigenvalue weighted by atomic mass is 9.95. The third-order valence-electron chi connectivity index (χ3n) is 7.95. The fourth-order valence-corrected chi connectivity index (χ4v) is 6.09. The molecule has 0 radical (unpaired) electrons. The Morgan fingerprint density at radius 3 is 2.26 bits per heavy atom. The summed E-state index contributed by atoms with van der Waals surface area (Å²) in [6, 6.07) is 0.369. The largest absolute Gasteiger partial charge is 0.392 e. The van der Waals surface area contributed by atoms with Gasteiger partial charge < -0.3 is 20.2 Å². The number of aliphatic hydroxyl groups excluding tert-OH is 1. The van der Waals surface area contributed by atoms with E-state index >= 15 is 0 Å². The Kier molecular flexibility index (Phi) is 8.24. The summed E-state index contributed by atoms with van der Waals surface area (Å²) in [6.45, 7) is 5.28. The zero-order chi connectivity index (χ0) is 21.6. The molecule has 3 aliphatic heterocycles. The predicted octanol–water partition coefficient (Wildman–Crippen LogP) is 1.74. The number of rotatable bonds is 6. The van der Waals surface area contributed by atoms with Gasteiger partial charge in [-0.25, -0.2) is 0 Å². The number of aliphatic hydroxyl groups is 1. The highest BCUT2D eigenvalue weighted by Crippen LogP contribution is 2.27. The van der Waals surface area contributed by atoms with E-state index in [4.69, 9.17) is 0 Å². The van der Waals surface area contributed by atoms with Gasteiger partial charge in [-0.05, 0) is 58.0 Å². The van der Waals surface area contributed by atoms with E-state index in [-0.39, 0.29) is 23.9 Å². The van der Waals surface area contributed by atoms with Gasteiger partial charge in [-0.1, -0.05) is 25.7 Å². The van der Waals surface area contributed by atoms with E-state index < -0.39 is 6.10 Å². The van der Waals surface area contributed by atoms with Crippen molar-refractivity contribution >= 4 is 11.8 Å². The van der Waals surface area contributed by atoms with Crippen molar-refractivity contribution in [2.24, 2.45) is 0 Å². The van der Waals surface area contributed by atoms with Crippen LogP contribution in [-0.2, 0) is 9.59 Å². The minimum atomic E-state index is -0.425. The highest BCUT2D eigenvalue weighted by Gasteiger charge is 2.41. The van der Waals surface area contributed by atoms with Crippen LogP contribution < -0.4 is 5.32 Å². The van der Waals surface area contributed by atoms with Crippen molar-refractivity contribution in [1.29, 1.82) is 0 Å². The Morgan fingerprint density at radius 2 is 1.55 bits per heavy atom. The second-order valence-electron chi connectivity index (χ2n) is 10.2. The molecule has 2 unspecified atom stereocenters. The Morgan fingerprint density at radius 1 is 0.871 bits per heavy atom. The average Bonchev–Trinajstić information content (AvgIpc) is 3.21. The normalized spacial score (nSPS) is 29.9. The van der Waals surface area contributed by atoms with E-state index in [1.165, 1.54) is 38.5 Å². The lowest BCUT2D eigenvalue weighted by Crippen LogP contribution is -2.53. The maximum absolute atomic E-state index is 13.0. The second kappa shape index (κ2) is 11.1. The summed E-state index contributed by atoms with van der Waals surface area (Å²) in [5.74, 6) is 0.376. The fraction of sp³-hybridized carbons (Fsp3) is 0.917. The van der Waals surface area contributed by atoms with E-state index in [1.807, 2.05) is 4.90 Å². The highest BCUT2D eigenvalue weighted by atomic mass is 16.3. The number of piperidine rings is 2. The lowest BCUT2D eigenvalue weighted by molar-refractivity contribution is -0.134. The minimum absolute atomic E-state index is 0.100. The van der Waals surface area contributed by atoms with Crippen LogP contribution in [0.15, 0.2) is 0 Å². The molecule has 176 valence electrons. The zero-order valence-corrected chi connectivity index (χ0v) is 19.1. The van der Waals surface area contributed by atoms with Crippen molar-refractivity contribution in [3.05, 3.63) is 0 Å².